The van der Waals surface area contributed by atoms with E-state index in [1.165, 1.54) is 18.5 Å². The lowest BCUT2D eigenvalue weighted by atomic mass is 10.3. The van der Waals surface area contributed by atoms with Gasteiger partial charge in [-0.1, -0.05) is 22.9 Å². The van der Waals surface area contributed by atoms with Crippen molar-refractivity contribution < 1.29 is 4.92 Å². The third kappa shape index (κ3) is 3.59. The zero-order valence-corrected chi connectivity index (χ0v) is 11.5. The predicted octanol–water partition coefficient (Wildman–Crippen LogP) is 2.44. The summed E-state index contributed by atoms with van der Waals surface area (Å²) >= 11 is 6.80. The summed E-state index contributed by atoms with van der Waals surface area (Å²) in [7, 11) is 0. The molecule has 9 heteroatoms. The first kappa shape index (κ1) is 14.1. The van der Waals surface area contributed by atoms with Crippen molar-refractivity contribution >= 4 is 40.0 Å². The fourth-order valence-corrected chi connectivity index (χ4v) is 2.10. The van der Waals surface area contributed by atoms with E-state index in [1.807, 2.05) is 0 Å². The first-order valence-corrected chi connectivity index (χ1v) is 6.48. The maximum absolute atomic E-state index is 10.5. The highest BCUT2D eigenvalue weighted by molar-refractivity contribution is 7.16. The largest absolute Gasteiger partial charge is 0.380 e. The van der Waals surface area contributed by atoms with Crippen LogP contribution in [0, 0.1) is 10.1 Å². The van der Waals surface area contributed by atoms with Gasteiger partial charge in [-0.3, -0.25) is 15.1 Å². The van der Waals surface area contributed by atoms with Crippen molar-refractivity contribution in [1.29, 1.82) is 0 Å². The quantitative estimate of drug-likeness (QED) is 0.405. The van der Waals surface area contributed by atoms with Crippen molar-refractivity contribution in [2.45, 2.75) is 0 Å². The molecule has 2 aromatic heterocycles. The molecule has 0 bridgehead atoms. The molecule has 0 aromatic carbocycles. The monoisotopic (exact) mass is 309 g/mol. The number of hydrogen-bond acceptors (Lipinski definition) is 6. The SMILES string of the molecule is N/C(=N\N=C\c1ccc([N+](=O)[O-])s1)c1cc(Cl)ccn1. The Hall–Kier alpha value is -2.32. The van der Waals surface area contributed by atoms with Crippen molar-refractivity contribution in [3.05, 3.63) is 56.2 Å². The Morgan fingerprint density at radius 3 is 2.95 bits per heavy atom. The molecule has 0 saturated heterocycles. The Morgan fingerprint density at radius 2 is 2.30 bits per heavy atom. The lowest BCUT2D eigenvalue weighted by molar-refractivity contribution is -0.380. The van der Waals surface area contributed by atoms with E-state index in [9.17, 15) is 10.1 Å². The van der Waals surface area contributed by atoms with Crippen molar-refractivity contribution in [1.82, 2.24) is 4.98 Å². The normalized spacial score (nSPS) is 11.9. The molecule has 0 radical (unpaired) electrons. The smallest absolute Gasteiger partial charge is 0.324 e. The highest BCUT2D eigenvalue weighted by atomic mass is 35.5. The van der Waals surface area contributed by atoms with E-state index >= 15 is 0 Å². The number of nitrogens with zero attached hydrogens (tertiary/aromatic N) is 4. The van der Waals surface area contributed by atoms with Gasteiger partial charge in [0.1, 0.15) is 5.69 Å². The Bertz CT molecular complexity index is 698. The maximum atomic E-state index is 10.5. The molecular formula is C11H8ClN5O2S. The van der Waals surface area contributed by atoms with Gasteiger partial charge in [-0.2, -0.15) is 5.10 Å². The first-order valence-electron chi connectivity index (χ1n) is 5.29. The summed E-state index contributed by atoms with van der Waals surface area (Å²) in [4.78, 5) is 14.6. The number of halogens is 1. The third-order valence-electron chi connectivity index (χ3n) is 2.13. The molecule has 0 atom stereocenters. The molecule has 20 heavy (non-hydrogen) atoms. The van der Waals surface area contributed by atoms with E-state index in [0.29, 0.717) is 15.6 Å². The summed E-state index contributed by atoms with van der Waals surface area (Å²) < 4.78 is 0. The van der Waals surface area contributed by atoms with Gasteiger partial charge in [0, 0.05) is 17.3 Å². The van der Waals surface area contributed by atoms with Crippen LogP contribution in [0.5, 0.6) is 0 Å². The third-order valence-corrected chi connectivity index (χ3v) is 3.33. The molecule has 2 heterocycles. The average Bonchev–Trinajstić information content (AvgIpc) is 2.87. The van der Waals surface area contributed by atoms with Gasteiger partial charge in [0.05, 0.1) is 16.0 Å². The summed E-state index contributed by atoms with van der Waals surface area (Å²) in [6.45, 7) is 0. The summed E-state index contributed by atoms with van der Waals surface area (Å²) in [6, 6.07) is 6.16. The second-order valence-corrected chi connectivity index (χ2v) is 5.05. The molecule has 0 fully saturated rings. The number of thiophene rings is 1. The number of aromatic nitrogens is 1. The van der Waals surface area contributed by atoms with Crippen molar-refractivity contribution in [3.63, 3.8) is 0 Å². The van der Waals surface area contributed by atoms with Gasteiger partial charge in [-0.05, 0) is 18.2 Å². The van der Waals surface area contributed by atoms with E-state index in [2.05, 4.69) is 15.2 Å². The van der Waals surface area contributed by atoms with Gasteiger partial charge in [0.15, 0.2) is 5.84 Å². The van der Waals surface area contributed by atoms with Crippen molar-refractivity contribution in [2.75, 3.05) is 0 Å². The zero-order valence-electron chi connectivity index (χ0n) is 9.93. The van der Waals surface area contributed by atoms with Gasteiger partial charge in [0.25, 0.3) is 0 Å². The second kappa shape index (κ2) is 6.22. The lowest BCUT2D eigenvalue weighted by Crippen LogP contribution is -2.14. The van der Waals surface area contributed by atoms with Crippen LogP contribution in [0.3, 0.4) is 0 Å². The van der Waals surface area contributed by atoms with Crippen LogP contribution < -0.4 is 5.73 Å². The van der Waals surface area contributed by atoms with Crippen LogP contribution in [0.25, 0.3) is 0 Å². The molecule has 0 unspecified atom stereocenters. The minimum Gasteiger partial charge on any atom is -0.380 e. The summed E-state index contributed by atoms with van der Waals surface area (Å²) in [5.41, 5.74) is 6.10. The average molecular weight is 310 g/mol. The molecule has 0 aliphatic carbocycles. The first-order chi connectivity index (χ1) is 9.56. The van der Waals surface area contributed by atoms with Gasteiger partial charge >= 0.3 is 5.00 Å². The molecule has 2 rings (SSSR count). The number of rotatable bonds is 4. The van der Waals surface area contributed by atoms with Crippen LogP contribution in [0.1, 0.15) is 10.6 Å². The van der Waals surface area contributed by atoms with E-state index in [4.69, 9.17) is 17.3 Å². The van der Waals surface area contributed by atoms with Crippen LogP contribution in [-0.4, -0.2) is 22.0 Å². The molecule has 2 aromatic rings. The van der Waals surface area contributed by atoms with E-state index < -0.39 is 4.92 Å². The van der Waals surface area contributed by atoms with Crippen LogP contribution in [-0.2, 0) is 0 Å². The molecule has 2 N–H and O–H groups in total. The van der Waals surface area contributed by atoms with Gasteiger partial charge in [-0.15, -0.1) is 5.10 Å². The lowest BCUT2D eigenvalue weighted by Gasteiger charge is -1.97. The molecule has 0 amide bonds. The fourth-order valence-electron chi connectivity index (χ4n) is 1.25. The van der Waals surface area contributed by atoms with Gasteiger partial charge in [0.2, 0.25) is 0 Å². The predicted molar refractivity (Wildman–Crippen MR) is 78.5 cm³/mol. The highest BCUT2D eigenvalue weighted by Gasteiger charge is 2.07. The number of hydrogen-bond donors (Lipinski definition) is 1. The van der Waals surface area contributed by atoms with E-state index in [-0.39, 0.29) is 10.8 Å². The molecule has 102 valence electrons. The Labute approximate surface area is 122 Å². The van der Waals surface area contributed by atoms with Crippen molar-refractivity contribution in [3.8, 4) is 0 Å². The van der Waals surface area contributed by atoms with Crippen LogP contribution in [0.2, 0.25) is 5.02 Å². The molecule has 0 saturated carbocycles. The molecule has 0 aliphatic heterocycles. The van der Waals surface area contributed by atoms with Gasteiger partial charge in [-0.25, -0.2) is 0 Å². The van der Waals surface area contributed by atoms with Crippen LogP contribution in [0.15, 0.2) is 40.7 Å². The fraction of sp³-hybridized carbons (Fsp3) is 0. The zero-order chi connectivity index (χ0) is 14.5. The number of amidine groups is 1. The Kier molecular flexibility index (Phi) is 4.38. The number of pyridine rings is 1. The van der Waals surface area contributed by atoms with E-state index in [0.717, 1.165) is 11.3 Å². The minimum absolute atomic E-state index is 0.0416. The van der Waals surface area contributed by atoms with Gasteiger partial charge < -0.3 is 5.73 Å². The summed E-state index contributed by atoms with van der Waals surface area (Å²) in [6.07, 6.45) is 2.89. The minimum atomic E-state index is -0.463. The highest BCUT2D eigenvalue weighted by Crippen LogP contribution is 2.22. The maximum Gasteiger partial charge on any atom is 0.324 e. The van der Waals surface area contributed by atoms with Crippen molar-refractivity contribution in [2.24, 2.45) is 15.9 Å². The van der Waals surface area contributed by atoms with Crippen LogP contribution >= 0.6 is 22.9 Å². The number of nitrogens with two attached hydrogens (primary N) is 1. The molecule has 0 aliphatic rings. The second-order valence-electron chi connectivity index (χ2n) is 3.52. The molecule has 7 nitrogen and oxygen atoms in total. The van der Waals surface area contributed by atoms with E-state index in [1.54, 1.807) is 18.2 Å². The Balaban J connectivity index is 2.11. The summed E-state index contributed by atoms with van der Waals surface area (Å²) in [5, 5.41) is 18.6. The summed E-state index contributed by atoms with van der Waals surface area (Å²) in [5.74, 6) is 0.106. The Morgan fingerprint density at radius 1 is 1.50 bits per heavy atom. The molecular weight excluding hydrogens is 302 g/mol. The molecule has 0 spiro atoms. The number of nitro groups is 1. The standard InChI is InChI=1S/C11H8ClN5O2S/c12-7-3-4-14-9(5-7)11(13)16-15-6-8-1-2-10(20-8)17(18)19/h1-6H,(H2,13,16)/b15-6+. The van der Waals surface area contributed by atoms with Crippen LogP contribution in [0.4, 0.5) is 5.00 Å². The topological polar surface area (TPSA) is 107 Å².